The summed E-state index contributed by atoms with van der Waals surface area (Å²) in [4.78, 5) is 13.1. The van der Waals surface area contributed by atoms with Gasteiger partial charge in [-0.2, -0.15) is 0 Å². The van der Waals surface area contributed by atoms with Gasteiger partial charge in [0.05, 0.1) is 6.54 Å². The van der Waals surface area contributed by atoms with E-state index in [-0.39, 0.29) is 18.0 Å². The molecule has 0 bridgehead atoms. The maximum absolute atomic E-state index is 13.5. The number of benzene rings is 1. The van der Waals surface area contributed by atoms with Crippen LogP contribution in [-0.4, -0.2) is 30.9 Å². The highest BCUT2D eigenvalue weighted by molar-refractivity contribution is 5.77. The number of carbonyl (C=O) groups excluding carboxylic acids is 1. The summed E-state index contributed by atoms with van der Waals surface area (Å²) >= 11 is 0. The molecule has 0 saturated heterocycles. The van der Waals surface area contributed by atoms with Gasteiger partial charge in [-0.1, -0.05) is 0 Å². The zero-order valence-electron chi connectivity index (χ0n) is 10.8. The number of rotatable bonds is 5. The molecule has 0 fully saturated rings. The average molecular weight is 256 g/mol. The molecule has 1 aromatic rings. The monoisotopic (exact) mass is 256 g/mol. The van der Waals surface area contributed by atoms with Crippen molar-refractivity contribution >= 4 is 5.91 Å². The lowest BCUT2D eigenvalue weighted by Crippen LogP contribution is -2.36. The Bertz CT molecular complexity index is 423. The summed E-state index contributed by atoms with van der Waals surface area (Å²) in [5, 5.41) is 2.88. The summed E-state index contributed by atoms with van der Waals surface area (Å²) in [5.74, 6) is -1.05. The van der Waals surface area contributed by atoms with Crippen molar-refractivity contribution in [2.75, 3.05) is 20.1 Å². The summed E-state index contributed by atoms with van der Waals surface area (Å²) in [6, 6.07) is 2.88. The van der Waals surface area contributed by atoms with Gasteiger partial charge in [-0.05, 0) is 32.0 Å². The number of nitrogens with one attached hydrogen (secondary N) is 1. The second kappa shape index (κ2) is 6.44. The van der Waals surface area contributed by atoms with Crippen LogP contribution in [0.2, 0.25) is 0 Å². The molecular weight excluding hydrogens is 238 g/mol. The molecule has 0 aliphatic heterocycles. The van der Waals surface area contributed by atoms with E-state index in [0.29, 0.717) is 6.54 Å². The SMILES string of the molecule is CCN(C)C(=O)CNC(C)c1cc(F)ccc1F. The minimum absolute atomic E-state index is 0.0823. The molecule has 1 amide bonds. The summed E-state index contributed by atoms with van der Waals surface area (Å²) < 4.78 is 26.5. The molecule has 1 atom stereocenters. The molecule has 1 N–H and O–H groups in total. The zero-order chi connectivity index (χ0) is 13.7. The largest absolute Gasteiger partial charge is 0.345 e. The number of likely N-dealkylation sites (N-methyl/N-ethyl adjacent to an activating group) is 1. The van der Waals surface area contributed by atoms with E-state index in [1.807, 2.05) is 6.92 Å². The number of amides is 1. The summed E-state index contributed by atoms with van der Waals surface area (Å²) in [7, 11) is 1.69. The smallest absolute Gasteiger partial charge is 0.236 e. The van der Waals surface area contributed by atoms with Crippen molar-refractivity contribution in [1.29, 1.82) is 0 Å². The molecule has 1 aromatic carbocycles. The van der Waals surface area contributed by atoms with Gasteiger partial charge in [0.1, 0.15) is 11.6 Å². The number of hydrogen-bond acceptors (Lipinski definition) is 2. The molecule has 1 rings (SSSR count). The molecule has 1 unspecified atom stereocenters. The number of carbonyl (C=O) groups is 1. The van der Waals surface area contributed by atoms with E-state index in [9.17, 15) is 13.6 Å². The minimum Gasteiger partial charge on any atom is -0.345 e. The Morgan fingerprint density at radius 2 is 2.11 bits per heavy atom. The van der Waals surface area contributed by atoms with E-state index >= 15 is 0 Å². The van der Waals surface area contributed by atoms with Gasteiger partial charge in [0.2, 0.25) is 5.91 Å². The van der Waals surface area contributed by atoms with Gasteiger partial charge >= 0.3 is 0 Å². The fourth-order valence-electron chi connectivity index (χ4n) is 1.51. The van der Waals surface area contributed by atoms with Gasteiger partial charge in [-0.25, -0.2) is 8.78 Å². The van der Waals surface area contributed by atoms with E-state index in [1.54, 1.807) is 18.9 Å². The molecule has 0 spiro atoms. The normalized spacial score (nSPS) is 12.3. The molecule has 0 saturated carbocycles. The molecule has 5 heteroatoms. The van der Waals surface area contributed by atoms with Crippen LogP contribution in [0.15, 0.2) is 18.2 Å². The highest BCUT2D eigenvalue weighted by Crippen LogP contribution is 2.17. The van der Waals surface area contributed by atoms with Crippen molar-refractivity contribution < 1.29 is 13.6 Å². The van der Waals surface area contributed by atoms with Crippen LogP contribution in [0.4, 0.5) is 8.78 Å². The Morgan fingerprint density at radius 3 is 2.72 bits per heavy atom. The van der Waals surface area contributed by atoms with Crippen LogP contribution in [0.25, 0.3) is 0 Å². The third kappa shape index (κ3) is 3.77. The van der Waals surface area contributed by atoms with Crippen LogP contribution in [-0.2, 0) is 4.79 Å². The molecule has 0 heterocycles. The predicted molar refractivity (Wildman–Crippen MR) is 66.1 cm³/mol. The van der Waals surface area contributed by atoms with Crippen LogP contribution >= 0.6 is 0 Å². The maximum atomic E-state index is 13.5. The summed E-state index contributed by atoms with van der Waals surface area (Å²) in [6.07, 6.45) is 0. The lowest BCUT2D eigenvalue weighted by atomic mass is 10.1. The lowest BCUT2D eigenvalue weighted by Gasteiger charge is -2.18. The van der Waals surface area contributed by atoms with E-state index < -0.39 is 17.7 Å². The van der Waals surface area contributed by atoms with E-state index in [0.717, 1.165) is 18.2 Å². The quantitative estimate of drug-likeness (QED) is 0.875. The molecular formula is C13H18F2N2O. The summed E-state index contributed by atoms with van der Waals surface area (Å²) in [6.45, 7) is 4.27. The van der Waals surface area contributed by atoms with Gasteiger partial charge in [0, 0.05) is 25.2 Å². The van der Waals surface area contributed by atoms with Crippen molar-refractivity contribution in [3.63, 3.8) is 0 Å². The van der Waals surface area contributed by atoms with Gasteiger partial charge in [0.25, 0.3) is 0 Å². The molecule has 3 nitrogen and oxygen atoms in total. The molecule has 0 radical (unpaired) electrons. The Hall–Kier alpha value is -1.49. The topological polar surface area (TPSA) is 32.3 Å². The van der Waals surface area contributed by atoms with Gasteiger partial charge in [-0.15, -0.1) is 0 Å². The fourth-order valence-corrected chi connectivity index (χ4v) is 1.51. The van der Waals surface area contributed by atoms with Crippen molar-refractivity contribution in [2.45, 2.75) is 19.9 Å². The number of hydrogen-bond donors (Lipinski definition) is 1. The zero-order valence-corrected chi connectivity index (χ0v) is 10.8. The second-order valence-electron chi connectivity index (χ2n) is 4.18. The van der Waals surface area contributed by atoms with Gasteiger partial charge < -0.3 is 10.2 Å². The Morgan fingerprint density at radius 1 is 1.44 bits per heavy atom. The molecule has 0 aliphatic rings. The first kappa shape index (κ1) is 14.6. The first-order valence-corrected chi connectivity index (χ1v) is 5.88. The second-order valence-corrected chi connectivity index (χ2v) is 4.18. The van der Waals surface area contributed by atoms with Crippen LogP contribution in [0.3, 0.4) is 0 Å². The highest BCUT2D eigenvalue weighted by atomic mass is 19.1. The third-order valence-electron chi connectivity index (χ3n) is 2.88. The summed E-state index contributed by atoms with van der Waals surface area (Å²) in [5.41, 5.74) is 0.224. The van der Waals surface area contributed by atoms with Crippen molar-refractivity contribution in [1.82, 2.24) is 10.2 Å². The minimum atomic E-state index is -0.489. The fraction of sp³-hybridized carbons (Fsp3) is 0.462. The maximum Gasteiger partial charge on any atom is 0.236 e. The molecule has 18 heavy (non-hydrogen) atoms. The standard InChI is InChI=1S/C13H18F2N2O/c1-4-17(3)13(18)8-16-9(2)11-7-10(14)5-6-12(11)15/h5-7,9,16H,4,8H2,1-3H3. The predicted octanol–water partition coefficient (Wildman–Crippen LogP) is 2.09. The van der Waals surface area contributed by atoms with Crippen LogP contribution < -0.4 is 5.32 Å². The third-order valence-corrected chi connectivity index (χ3v) is 2.88. The van der Waals surface area contributed by atoms with E-state index in [2.05, 4.69) is 5.32 Å². The molecule has 100 valence electrons. The van der Waals surface area contributed by atoms with Crippen molar-refractivity contribution in [3.05, 3.63) is 35.4 Å². The van der Waals surface area contributed by atoms with Crippen LogP contribution in [0.1, 0.15) is 25.5 Å². The van der Waals surface area contributed by atoms with E-state index in [4.69, 9.17) is 0 Å². The van der Waals surface area contributed by atoms with E-state index in [1.165, 1.54) is 0 Å². The van der Waals surface area contributed by atoms with Gasteiger partial charge in [0.15, 0.2) is 0 Å². The average Bonchev–Trinajstić information content (AvgIpc) is 2.37. The Balaban J connectivity index is 2.63. The lowest BCUT2D eigenvalue weighted by molar-refractivity contribution is -0.128. The van der Waals surface area contributed by atoms with Gasteiger partial charge in [-0.3, -0.25) is 4.79 Å². The van der Waals surface area contributed by atoms with Crippen LogP contribution in [0.5, 0.6) is 0 Å². The number of halogens is 2. The Kier molecular flexibility index (Phi) is 5.22. The van der Waals surface area contributed by atoms with Crippen LogP contribution in [0, 0.1) is 11.6 Å². The van der Waals surface area contributed by atoms with Crippen molar-refractivity contribution in [3.8, 4) is 0 Å². The Labute approximate surface area is 106 Å². The molecule has 0 aliphatic carbocycles. The van der Waals surface area contributed by atoms with Crippen molar-refractivity contribution in [2.24, 2.45) is 0 Å². The molecule has 0 aromatic heterocycles. The first-order valence-electron chi connectivity index (χ1n) is 5.88. The first-order chi connectivity index (χ1) is 8.45. The highest BCUT2D eigenvalue weighted by Gasteiger charge is 2.14. The number of nitrogens with zero attached hydrogens (tertiary/aromatic N) is 1.